The van der Waals surface area contributed by atoms with E-state index in [-0.39, 0.29) is 33.8 Å². The minimum absolute atomic E-state index is 0.0471. The van der Waals surface area contributed by atoms with Crippen LogP contribution >= 0.6 is 43.5 Å². The van der Waals surface area contributed by atoms with Crippen LogP contribution in [0.15, 0.2) is 30.3 Å². The summed E-state index contributed by atoms with van der Waals surface area (Å²) in [6, 6.07) is 9.33. The van der Waals surface area contributed by atoms with Gasteiger partial charge >= 0.3 is 6.09 Å². The Hall–Kier alpha value is -0.760. The number of epoxide rings is 1. The van der Waals surface area contributed by atoms with Gasteiger partial charge in [-0.3, -0.25) is 10.1 Å². The van der Waals surface area contributed by atoms with Crippen LogP contribution in [0.2, 0.25) is 0 Å². The molecule has 42 heavy (non-hydrogen) atoms. The average Bonchev–Trinajstić information content (AvgIpc) is 3.65. The molecule has 0 aromatic heterocycles. The van der Waals surface area contributed by atoms with Crippen molar-refractivity contribution in [1.29, 1.82) is 0 Å². The standard InChI is InChI=1S/C29H42Br2ClNO8S/c1-5-27(3,31)23(30)15-24-29(6-2,41-24)22-14-20(40-26(35)33-25(34)17-32)21(39-4)16-28(22,36)18-42(37,38)13-12-19-10-8-7-9-11-19/h7-11,20-24,36H,5-6,12-18H2,1-4H3,(H,33,34,35). The molecule has 0 bridgehead atoms. The van der Waals surface area contributed by atoms with Crippen LogP contribution in [0.5, 0.6) is 0 Å². The number of hydrogen-bond acceptors (Lipinski definition) is 8. The Morgan fingerprint density at radius 2 is 1.93 bits per heavy atom. The zero-order valence-corrected chi connectivity index (χ0v) is 29.2. The Morgan fingerprint density at radius 1 is 1.26 bits per heavy atom. The first-order valence-electron chi connectivity index (χ1n) is 14.2. The Balaban J connectivity index is 1.91. The van der Waals surface area contributed by atoms with Crippen molar-refractivity contribution < 1.29 is 37.3 Å². The van der Waals surface area contributed by atoms with E-state index >= 15 is 0 Å². The third-order valence-corrected chi connectivity index (χ3v) is 13.9. The summed E-state index contributed by atoms with van der Waals surface area (Å²) in [5.41, 5.74) is -1.66. The maximum absolute atomic E-state index is 13.5. The number of hydrogen-bond donors (Lipinski definition) is 2. The Morgan fingerprint density at radius 3 is 2.50 bits per heavy atom. The van der Waals surface area contributed by atoms with E-state index in [0.717, 1.165) is 12.0 Å². The van der Waals surface area contributed by atoms with E-state index in [1.165, 1.54) is 7.11 Å². The van der Waals surface area contributed by atoms with Crippen molar-refractivity contribution in [3.8, 4) is 0 Å². The summed E-state index contributed by atoms with van der Waals surface area (Å²) in [6.07, 6.45) is -0.597. The molecule has 2 N–H and O–H groups in total. The summed E-state index contributed by atoms with van der Waals surface area (Å²) in [7, 11) is -2.31. The van der Waals surface area contributed by atoms with Gasteiger partial charge in [0.15, 0.2) is 9.84 Å². The van der Waals surface area contributed by atoms with Crippen molar-refractivity contribution in [2.75, 3.05) is 24.5 Å². The van der Waals surface area contributed by atoms with Gasteiger partial charge < -0.3 is 19.3 Å². The van der Waals surface area contributed by atoms with Crippen LogP contribution in [-0.4, -0.2) is 88.7 Å². The molecular weight excluding hydrogens is 718 g/mol. The molecule has 1 saturated carbocycles. The van der Waals surface area contributed by atoms with Gasteiger partial charge in [-0.25, -0.2) is 13.2 Å². The molecule has 0 radical (unpaired) electrons. The van der Waals surface area contributed by atoms with Crippen LogP contribution in [0.1, 0.15) is 58.4 Å². The van der Waals surface area contributed by atoms with Crippen LogP contribution in [-0.2, 0) is 35.3 Å². The molecule has 1 saturated heterocycles. The van der Waals surface area contributed by atoms with Crippen LogP contribution in [0.4, 0.5) is 4.79 Å². The molecule has 0 spiro atoms. The highest BCUT2D eigenvalue weighted by atomic mass is 79.9. The predicted molar refractivity (Wildman–Crippen MR) is 169 cm³/mol. The lowest BCUT2D eigenvalue weighted by Gasteiger charge is -2.48. The largest absolute Gasteiger partial charge is 0.443 e. The summed E-state index contributed by atoms with van der Waals surface area (Å²) in [4.78, 5) is 24.2. The van der Waals surface area contributed by atoms with Crippen LogP contribution in [0, 0.1) is 5.92 Å². The molecule has 1 aliphatic heterocycles. The smallest absolute Gasteiger partial charge is 0.414 e. The number of sulfone groups is 1. The molecule has 2 fully saturated rings. The average molecular weight is 760 g/mol. The zero-order chi connectivity index (χ0) is 31.3. The molecule has 1 aromatic carbocycles. The van der Waals surface area contributed by atoms with Crippen molar-refractivity contribution in [3.05, 3.63) is 35.9 Å². The summed E-state index contributed by atoms with van der Waals surface area (Å²) >= 11 is 13.1. The highest BCUT2D eigenvalue weighted by molar-refractivity contribution is 9.12. The van der Waals surface area contributed by atoms with Crippen LogP contribution < -0.4 is 5.32 Å². The number of imide groups is 1. The molecule has 9 nitrogen and oxygen atoms in total. The van der Waals surface area contributed by atoms with E-state index in [2.05, 4.69) is 51.0 Å². The number of alkyl halides is 3. The molecule has 1 aliphatic carbocycles. The topological polar surface area (TPSA) is 132 Å². The van der Waals surface area contributed by atoms with Gasteiger partial charge in [0, 0.05) is 28.6 Å². The van der Waals surface area contributed by atoms with Gasteiger partial charge in [0.25, 0.3) is 0 Å². The number of aryl methyl sites for hydroxylation is 1. The van der Waals surface area contributed by atoms with E-state index in [1.54, 1.807) is 0 Å². The molecule has 3 rings (SSSR count). The molecule has 8 unspecified atom stereocenters. The van der Waals surface area contributed by atoms with Crippen molar-refractivity contribution in [2.45, 2.75) is 98.0 Å². The number of amides is 2. The lowest BCUT2D eigenvalue weighted by molar-refractivity contribution is -0.152. The van der Waals surface area contributed by atoms with Crippen LogP contribution in [0.3, 0.4) is 0 Å². The maximum Gasteiger partial charge on any atom is 0.414 e. The molecule has 2 aliphatic rings. The van der Waals surface area contributed by atoms with E-state index in [4.69, 9.17) is 25.8 Å². The summed E-state index contributed by atoms with van der Waals surface area (Å²) in [5, 5.41) is 14.3. The second-order valence-electron chi connectivity index (χ2n) is 11.6. The normalized spacial score (nSPS) is 31.5. The fraction of sp³-hybridized carbons (Fsp3) is 0.724. The number of ether oxygens (including phenoxy) is 3. The SMILES string of the molecule is CCC(C)(Br)C(Br)CC1OC1(CC)C1CC(OC(=O)NC(=O)CCl)C(OC)CC1(O)CS(=O)(=O)CCc1ccccc1. The number of alkyl carbamates (subject to hydrolysis) is 1. The van der Waals surface area contributed by atoms with Crippen molar-refractivity contribution in [1.82, 2.24) is 5.32 Å². The number of benzene rings is 1. The highest BCUT2D eigenvalue weighted by Gasteiger charge is 2.68. The third kappa shape index (κ3) is 8.69. The molecule has 1 heterocycles. The zero-order valence-electron chi connectivity index (χ0n) is 24.5. The molecule has 2 amide bonds. The second-order valence-corrected chi connectivity index (χ2v) is 16.9. The Kier molecular flexibility index (Phi) is 12.4. The maximum atomic E-state index is 13.5. The number of methoxy groups -OCH3 is 1. The Bertz CT molecular complexity index is 1190. The first-order chi connectivity index (χ1) is 19.6. The first-order valence-corrected chi connectivity index (χ1v) is 18.3. The van der Waals surface area contributed by atoms with Gasteiger partial charge in [-0.05, 0) is 44.6 Å². The van der Waals surface area contributed by atoms with Crippen molar-refractivity contribution in [3.63, 3.8) is 0 Å². The summed E-state index contributed by atoms with van der Waals surface area (Å²) < 4.78 is 44.4. The number of rotatable bonds is 14. The molecule has 8 atom stereocenters. The lowest BCUT2D eigenvalue weighted by atomic mass is 9.65. The van der Waals surface area contributed by atoms with E-state index in [1.807, 2.05) is 37.3 Å². The van der Waals surface area contributed by atoms with Crippen LogP contribution in [0.25, 0.3) is 0 Å². The van der Waals surface area contributed by atoms with Gasteiger partial charge in [-0.2, -0.15) is 0 Å². The minimum atomic E-state index is -3.73. The number of nitrogens with one attached hydrogen (secondary N) is 1. The van der Waals surface area contributed by atoms with E-state index in [9.17, 15) is 23.1 Å². The van der Waals surface area contributed by atoms with Gasteiger partial charge in [-0.1, -0.05) is 76.0 Å². The molecule has 1 aromatic rings. The van der Waals surface area contributed by atoms with Crippen molar-refractivity contribution >= 4 is 65.3 Å². The van der Waals surface area contributed by atoms with Gasteiger partial charge in [0.05, 0.1) is 29.3 Å². The summed E-state index contributed by atoms with van der Waals surface area (Å²) in [5.74, 6) is -2.43. The lowest BCUT2D eigenvalue weighted by Crippen LogP contribution is -2.60. The van der Waals surface area contributed by atoms with E-state index in [0.29, 0.717) is 19.3 Å². The fourth-order valence-corrected chi connectivity index (χ4v) is 8.77. The monoisotopic (exact) mass is 757 g/mol. The number of carbonyl (C=O) groups excluding carboxylic acids is 2. The van der Waals surface area contributed by atoms with Gasteiger partial charge in [0.1, 0.15) is 17.6 Å². The first kappa shape index (κ1) is 35.7. The predicted octanol–water partition coefficient (Wildman–Crippen LogP) is 4.93. The third-order valence-electron chi connectivity index (χ3n) is 8.78. The molecule has 238 valence electrons. The van der Waals surface area contributed by atoms with E-state index < -0.39 is 62.8 Å². The molecule has 13 heteroatoms. The van der Waals surface area contributed by atoms with Crippen molar-refractivity contribution in [2.24, 2.45) is 5.92 Å². The Labute approximate surface area is 270 Å². The minimum Gasteiger partial charge on any atom is -0.443 e. The highest BCUT2D eigenvalue weighted by Crippen LogP contribution is 2.57. The second kappa shape index (κ2) is 14.6. The van der Waals surface area contributed by atoms with Gasteiger partial charge in [-0.15, -0.1) is 11.6 Å². The fourth-order valence-electron chi connectivity index (χ4n) is 6.08. The number of aliphatic hydroxyl groups is 1. The number of carbonyl (C=O) groups is 2. The number of halogens is 3. The quantitative estimate of drug-likeness (QED) is 0.202. The summed E-state index contributed by atoms with van der Waals surface area (Å²) in [6.45, 7) is 6.12. The van der Waals surface area contributed by atoms with Gasteiger partial charge in [0.2, 0.25) is 5.91 Å². The molecular formula is C29H42Br2ClNO8S.